The molecule has 2 aliphatic heterocycles. The number of aromatic nitrogens is 3. The van der Waals surface area contributed by atoms with Crippen LogP contribution < -0.4 is 5.56 Å². The van der Waals surface area contributed by atoms with Crippen molar-refractivity contribution >= 4 is 10.9 Å². The maximum atomic E-state index is 13.0. The number of aryl methyl sites for hydroxylation is 2. The lowest BCUT2D eigenvalue weighted by molar-refractivity contribution is 0.225. The van der Waals surface area contributed by atoms with Crippen LogP contribution in [0.2, 0.25) is 0 Å². The molecule has 3 aromatic heterocycles. The van der Waals surface area contributed by atoms with Gasteiger partial charge in [-0.15, -0.1) is 0 Å². The Morgan fingerprint density at radius 3 is 2.72 bits per heavy atom. The Morgan fingerprint density at radius 2 is 1.94 bits per heavy atom. The van der Waals surface area contributed by atoms with Gasteiger partial charge < -0.3 is 4.57 Å². The Labute approximate surface area is 188 Å². The predicted molar refractivity (Wildman–Crippen MR) is 130 cm³/mol. The average molecular weight is 427 g/mol. The van der Waals surface area contributed by atoms with E-state index in [1.165, 1.54) is 41.5 Å². The number of hydrogen-bond donors (Lipinski definition) is 0. The first-order valence-electron chi connectivity index (χ1n) is 11.1. The van der Waals surface area contributed by atoms with Crippen LogP contribution in [0.1, 0.15) is 37.2 Å². The van der Waals surface area contributed by atoms with E-state index in [2.05, 4.69) is 39.7 Å². The van der Waals surface area contributed by atoms with Crippen LogP contribution in [-0.2, 0) is 20.0 Å². The average Bonchev–Trinajstić information content (AvgIpc) is 3.35. The van der Waals surface area contributed by atoms with Gasteiger partial charge in [-0.05, 0) is 61.7 Å². The van der Waals surface area contributed by atoms with Crippen LogP contribution in [0, 0.1) is 6.92 Å². The molecule has 0 N–H and O–H groups in total. The standard InChI is InChI=1S/C26H26N4O.CH4/c1-17-5-6-19(15-27-17)18-9-11-30(26(31)12-18)21-7-8-22-23-16-29-10-3-4-20(29)13-25(23)28(2)24(22)14-21;/h5-9,11-12,14-15,20H,3-4,10,13,16H2,1-2H3;1H4. The molecule has 0 bridgehead atoms. The van der Waals surface area contributed by atoms with Gasteiger partial charge in [0, 0.05) is 66.9 Å². The van der Waals surface area contributed by atoms with Crippen molar-refractivity contribution in [1.29, 1.82) is 0 Å². The topological polar surface area (TPSA) is 43.1 Å². The van der Waals surface area contributed by atoms with Gasteiger partial charge in [-0.2, -0.15) is 0 Å². The molecule has 0 spiro atoms. The van der Waals surface area contributed by atoms with E-state index >= 15 is 0 Å². The summed E-state index contributed by atoms with van der Waals surface area (Å²) in [5, 5.41) is 1.32. The van der Waals surface area contributed by atoms with E-state index in [0.29, 0.717) is 6.04 Å². The van der Waals surface area contributed by atoms with Crippen LogP contribution in [0.15, 0.2) is 59.7 Å². The van der Waals surface area contributed by atoms with Crippen LogP contribution in [0.4, 0.5) is 0 Å². The van der Waals surface area contributed by atoms with Gasteiger partial charge in [-0.3, -0.25) is 19.2 Å². The number of pyridine rings is 2. The molecule has 0 aliphatic carbocycles. The first-order chi connectivity index (χ1) is 15.1. The van der Waals surface area contributed by atoms with E-state index in [0.717, 1.165) is 35.5 Å². The summed E-state index contributed by atoms with van der Waals surface area (Å²) in [5.74, 6) is 0. The molecule has 5 heteroatoms. The molecule has 4 aromatic rings. The molecule has 1 aromatic carbocycles. The zero-order valence-electron chi connectivity index (χ0n) is 18.0. The predicted octanol–water partition coefficient (Wildman–Crippen LogP) is 4.86. The van der Waals surface area contributed by atoms with Crippen molar-refractivity contribution in [2.45, 2.75) is 46.2 Å². The highest BCUT2D eigenvalue weighted by atomic mass is 16.1. The van der Waals surface area contributed by atoms with E-state index < -0.39 is 0 Å². The third-order valence-electron chi connectivity index (χ3n) is 7.15. The molecule has 32 heavy (non-hydrogen) atoms. The van der Waals surface area contributed by atoms with E-state index in [1.54, 1.807) is 10.6 Å². The van der Waals surface area contributed by atoms with Crippen LogP contribution in [0.3, 0.4) is 0 Å². The number of fused-ring (bicyclic) bond motifs is 4. The molecular formula is C27H30N4O. The van der Waals surface area contributed by atoms with Crippen molar-refractivity contribution in [3.05, 3.63) is 82.2 Å². The maximum absolute atomic E-state index is 13.0. The highest BCUT2D eigenvalue weighted by Crippen LogP contribution is 2.36. The number of rotatable bonds is 2. The fourth-order valence-electron chi connectivity index (χ4n) is 5.41. The van der Waals surface area contributed by atoms with E-state index in [-0.39, 0.29) is 13.0 Å². The molecule has 5 heterocycles. The highest BCUT2D eigenvalue weighted by molar-refractivity contribution is 5.87. The van der Waals surface area contributed by atoms with Crippen molar-refractivity contribution in [2.75, 3.05) is 6.54 Å². The molecule has 1 fully saturated rings. The fourth-order valence-corrected chi connectivity index (χ4v) is 5.41. The van der Waals surface area contributed by atoms with Gasteiger partial charge >= 0.3 is 0 Å². The molecule has 2 aliphatic rings. The monoisotopic (exact) mass is 426 g/mol. The Bertz CT molecular complexity index is 1360. The lowest BCUT2D eigenvalue weighted by atomic mass is 9.99. The first kappa shape index (κ1) is 20.7. The fraction of sp³-hybridized carbons (Fsp3) is 0.333. The second-order valence-corrected chi connectivity index (χ2v) is 8.97. The van der Waals surface area contributed by atoms with Gasteiger partial charge in [0.2, 0.25) is 0 Å². The Balaban J connectivity index is 0.00000216. The molecular weight excluding hydrogens is 396 g/mol. The van der Waals surface area contributed by atoms with Gasteiger partial charge in [0.15, 0.2) is 0 Å². The van der Waals surface area contributed by atoms with Crippen molar-refractivity contribution in [1.82, 2.24) is 19.0 Å². The van der Waals surface area contributed by atoms with Crippen molar-refractivity contribution in [2.24, 2.45) is 7.05 Å². The maximum Gasteiger partial charge on any atom is 0.255 e. The summed E-state index contributed by atoms with van der Waals surface area (Å²) in [5.41, 5.74) is 7.84. The van der Waals surface area contributed by atoms with Gasteiger partial charge in [0.1, 0.15) is 0 Å². The van der Waals surface area contributed by atoms with Crippen LogP contribution in [0.25, 0.3) is 27.7 Å². The lowest BCUT2D eigenvalue weighted by Gasteiger charge is -2.30. The van der Waals surface area contributed by atoms with Crippen molar-refractivity contribution < 1.29 is 0 Å². The molecule has 164 valence electrons. The Kier molecular flexibility index (Phi) is 5.01. The van der Waals surface area contributed by atoms with Crippen molar-refractivity contribution in [3.8, 4) is 16.8 Å². The minimum absolute atomic E-state index is 0. The molecule has 1 saturated heterocycles. The molecule has 1 unspecified atom stereocenters. The normalized spacial score (nSPS) is 17.8. The molecule has 0 amide bonds. The summed E-state index contributed by atoms with van der Waals surface area (Å²) >= 11 is 0. The van der Waals surface area contributed by atoms with Gasteiger partial charge in [0.25, 0.3) is 5.56 Å². The van der Waals surface area contributed by atoms with E-state index in [9.17, 15) is 4.79 Å². The third-order valence-corrected chi connectivity index (χ3v) is 7.15. The molecule has 0 radical (unpaired) electrons. The Morgan fingerprint density at radius 1 is 1.06 bits per heavy atom. The quantitative estimate of drug-likeness (QED) is 0.460. The second-order valence-electron chi connectivity index (χ2n) is 8.97. The minimum Gasteiger partial charge on any atom is -0.347 e. The third kappa shape index (κ3) is 3.19. The molecule has 5 nitrogen and oxygen atoms in total. The summed E-state index contributed by atoms with van der Waals surface area (Å²) in [6.45, 7) is 4.23. The summed E-state index contributed by atoms with van der Waals surface area (Å²) in [4.78, 5) is 19.9. The van der Waals surface area contributed by atoms with Gasteiger partial charge in [-0.25, -0.2) is 0 Å². The van der Waals surface area contributed by atoms with Gasteiger partial charge in [-0.1, -0.05) is 19.6 Å². The highest BCUT2D eigenvalue weighted by Gasteiger charge is 2.32. The smallest absolute Gasteiger partial charge is 0.255 e. The summed E-state index contributed by atoms with van der Waals surface area (Å²) in [7, 11) is 2.17. The zero-order chi connectivity index (χ0) is 21.1. The van der Waals surface area contributed by atoms with Crippen LogP contribution >= 0.6 is 0 Å². The molecule has 1 atom stereocenters. The lowest BCUT2D eigenvalue weighted by Crippen LogP contribution is -2.35. The van der Waals surface area contributed by atoms with Gasteiger partial charge in [0.05, 0.1) is 11.2 Å². The molecule has 0 saturated carbocycles. The van der Waals surface area contributed by atoms with E-state index in [1.807, 2.05) is 37.5 Å². The van der Waals surface area contributed by atoms with Crippen molar-refractivity contribution in [3.63, 3.8) is 0 Å². The summed E-state index contributed by atoms with van der Waals surface area (Å²) < 4.78 is 4.08. The summed E-state index contributed by atoms with van der Waals surface area (Å²) in [6.07, 6.45) is 7.45. The summed E-state index contributed by atoms with van der Waals surface area (Å²) in [6, 6.07) is 14.8. The SMILES string of the molecule is C.Cc1ccc(-c2ccn(-c3ccc4c5c(n(C)c4c3)CC3CCCN3C5)c(=O)c2)cn1. The molecule has 6 rings (SSSR count). The zero-order valence-corrected chi connectivity index (χ0v) is 18.0. The Hall–Kier alpha value is -3.18. The first-order valence-corrected chi connectivity index (χ1v) is 11.1. The number of nitrogens with zero attached hydrogens (tertiary/aromatic N) is 4. The number of benzene rings is 1. The van der Waals surface area contributed by atoms with Crippen LogP contribution in [-0.4, -0.2) is 31.6 Å². The minimum atomic E-state index is -0.0305. The second kappa shape index (κ2) is 7.75. The largest absolute Gasteiger partial charge is 0.347 e. The number of hydrogen-bond acceptors (Lipinski definition) is 3. The van der Waals surface area contributed by atoms with Crippen LogP contribution in [0.5, 0.6) is 0 Å². The van der Waals surface area contributed by atoms with E-state index in [4.69, 9.17) is 0 Å².